The van der Waals surface area contributed by atoms with Crippen LogP contribution >= 0.6 is 0 Å². The smallest absolute Gasteiger partial charge is 0.340 e. The predicted molar refractivity (Wildman–Crippen MR) is 65.0 cm³/mol. The quantitative estimate of drug-likeness (QED) is 0.297. The van der Waals surface area contributed by atoms with Gasteiger partial charge >= 0.3 is 5.97 Å². The van der Waals surface area contributed by atoms with Gasteiger partial charge in [-0.15, -0.1) is 0 Å². The Labute approximate surface area is 119 Å². The van der Waals surface area contributed by atoms with Crippen molar-refractivity contribution >= 4 is 5.97 Å². The van der Waals surface area contributed by atoms with Crippen LogP contribution in [0.4, 0.5) is 0 Å². The number of carboxylic acid groups (broad SMARTS) is 1. The highest BCUT2D eigenvalue weighted by Gasteiger charge is 2.51. The lowest BCUT2D eigenvalue weighted by molar-refractivity contribution is -0.319. The van der Waals surface area contributed by atoms with Gasteiger partial charge in [0, 0.05) is 6.42 Å². The van der Waals surface area contributed by atoms with E-state index in [1.807, 2.05) is 0 Å². The van der Waals surface area contributed by atoms with E-state index in [1.54, 1.807) is 0 Å². The van der Waals surface area contributed by atoms with Gasteiger partial charge in [0.15, 0.2) is 11.9 Å². The van der Waals surface area contributed by atoms with Crippen molar-refractivity contribution in [2.45, 2.75) is 48.8 Å². The molecule has 2 rings (SSSR count). The van der Waals surface area contributed by atoms with Gasteiger partial charge in [-0.3, -0.25) is 0 Å². The van der Waals surface area contributed by atoms with Gasteiger partial charge in [-0.25, -0.2) is 4.79 Å². The number of ether oxygens (including phenoxy) is 2. The van der Waals surface area contributed by atoms with Crippen LogP contribution in [0.25, 0.3) is 0 Å². The summed E-state index contributed by atoms with van der Waals surface area (Å²) >= 11 is 0. The zero-order valence-corrected chi connectivity index (χ0v) is 10.9. The third-order valence-corrected chi connectivity index (χ3v) is 3.64. The Morgan fingerprint density at radius 1 is 1.24 bits per heavy atom. The normalized spacial score (nSPS) is 46.7. The van der Waals surface area contributed by atoms with Crippen LogP contribution in [0, 0.1) is 0 Å². The third-order valence-electron chi connectivity index (χ3n) is 3.64. The van der Waals surface area contributed by atoms with E-state index in [2.05, 4.69) is 0 Å². The van der Waals surface area contributed by atoms with Gasteiger partial charge in [-0.2, -0.15) is 0 Å². The molecular weight excluding hydrogens is 288 g/mol. The van der Waals surface area contributed by atoms with Crippen molar-refractivity contribution in [2.24, 2.45) is 0 Å². The number of aliphatic hydroxyl groups is 5. The maximum Gasteiger partial charge on any atom is 0.340 e. The minimum Gasteiger partial charge on any atom is -0.479 e. The molecular formula is C12H18O9. The van der Waals surface area contributed by atoms with Gasteiger partial charge in [-0.1, -0.05) is 6.08 Å². The lowest BCUT2D eigenvalue weighted by Gasteiger charge is -2.42. The summed E-state index contributed by atoms with van der Waals surface area (Å²) < 4.78 is 10.3. The molecule has 21 heavy (non-hydrogen) atoms. The lowest BCUT2D eigenvalue weighted by atomic mass is 9.98. The Bertz CT molecular complexity index is 423. The largest absolute Gasteiger partial charge is 0.479 e. The zero-order valence-electron chi connectivity index (χ0n) is 10.9. The molecule has 1 heterocycles. The van der Waals surface area contributed by atoms with Gasteiger partial charge in [0.05, 0.1) is 12.7 Å². The molecule has 0 aromatic carbocycles. The van der Waals surface area contributed by atoms with Crippen molar-refractivity contribution in [1.82, 2.24) is 0 Å². The van der Waals surface area contributed by atoms with E-state index in [9.17, 15) is 30.3 Å². The average Bonchev–Trinajstić information content (AvgIpc) is 2.82. The Kier molecular flexibility index (Phi) is 4.63. The second kappa shape index (κ2) is 5.97. The molecule has 1 aliphatic carbocycles. The SMILES string of the molecule is O=C(O)[C@@]1(O[C@@H]2O[C@H](CO)[C@@H](O)[C@H](O)[C@H]2O)C=C[C@@H](O)C1. The molecule has 9 heteroatoms. The van der Waals surface area contributed by atoms with Crippen LogP contribution in [0.3, 0.4) is 0 Å². The number of carbonyl (C=O) groups is 1. The number of aliphatic hydroxyl groups excluding tert-OH is 5. The lowest BCUT2D eigenvalue weighted by Crippen LogP contribution is -2.61. The highest BCUT2D eigenvalue weighted by atomic mass is 16.7. The van der Waals surface area contributed by atoms with Crippen molar-refractivity contribution in [2.75, 3.05) is 6.61 Å². The van der Waals surface area contributed by atoms with Gasteiger partial charge in [0.25, 0.3) is 0 Å². The van der Waals surface area contributed by atoms with Crippen LogP contribution in [0.15, 0.2) is 12.2 Å². The maximum absolute atomic E-state index is 11.4. The summed E-state index contributed by atoms with van der Waals surface area (Å²) in [5, 5.41) is 56.8. The van der Waals surface area contributed by atoms with Crippen LogP contribution in [0.2, 0.25) is 0 Å². The Hall–Kier alpha value is -1.07. The first-order valence-corrected chi connectivity index (χ1v) is 6.40. The standard InChI is InChI=1S/C12H18O9/c13-4-6-7(15)8(16)9(17)10(20-6)21-12(11(18)19)2-1-5(14)3-12/h1-2,5-10,13-17H,3-4H2,(H,18,19)/t5-,6-,7-,8+,9-,10+,12-/m1/s1. The number of rotatable bonds is 4. The molecule has 0 saturated carbocycles. The number of aliphatic carboxylic acids is 1. The molecule has 0 spiro atoms. The number of hydrogen-bond acceptors (Lipinski definition) is 8. The second-order valence-corrected chi connectivity index (χ2v) is 5.14. The van der Waals surface area contributed by atoms with Crippen molar-refractivity contribution < 1.29 is 44.9 Å². The van der Waals surface area contributed by atoms with Crippen LogP contribution in [-0.2, 0) is 14.3 Å². The Morgan fingerprint density at radius 2 is 1.90 bits per heavy atom. The van der Waals surface area contributed by atoms with Crippen LogP contribution in [0.1, 0.15) is 6.42 Å². The minimum atomic E-state index is -1.91. The van der Waals surface area contributed by atoms with Crippen molar-refractivity contribution in [3.05, 3.63) is 12.2 Å². The van der Waals surface area contributed by atoms with Gasteiger partial charge < -0.3 is 40.1 Å². The summed E-state index contributed by atoms with van der Waals surface area (Å²) in [6, 6.07) is 0. The van der Waals surface area contributed by atoms with Crippen molar-refractivity contribution in [3.8, 4) is 0 Å². The van der Waals surface area contributed by atoms with E-state index < -0.39 is 55.0 Å². The fourth-order valence-corrected chi connectivity index (χ4v) is 2.38. The molecule has 1 aliphatic heterocycles. The molecule has 0 aromatic heterocycles. The summed E-state index contributed by atoms with van der Waals surface area (Å²) in [6.45, 7) is -0.649. The summed E-state index contributed by atoms with van der Waals surface area (Å²) in [4.78, 5) is 11.4. The van der Waals surface area contributed by atoms with Gasteiger partial charge in [-0.05, 0) is 6.08 Å². The summed E-state index contributed by atoms with van der Waals surface area (Å²) in [6.07, 6.45) is -6.65. The fourth-order valence-electron chi connectivity index (χ4n) is 2.38. The second-order valence-electron chi connectivity index (χ2n) is 5.14. The molecule has 2 aliphatic rings. The van der Waals surface area contributed by atoms with Crippen molar-refractivity contribution in [3.63, 3.8) is 0 Å². The molecule has 0 bridgehead atoms. The Morgan fingerprint density at radius 3 is 2.38 bits per heavy atom. The fraction of sp³-hybridized carbons (Fsp3) is 0.750. The molecule has 6 N–H and O–H groups in total. The van der Waals surface area contributed by atoms with E-state index in [1.165, 1.54) is 6.08 Å². The van der Waals surface area contributed by atoms with Crippen LogP contribution in [-0.4, -0.2) is 85.6 Å². The number of carboxylic acids is 1. The minimum absolute atomic E-state index is 0.280. The molecule has 0 unspecified atom stereocenters. The van der Waals surface area contributed by atoms with Gasteiger partial charge in [0.1, 0.15) is 24.4 Å². The molecule has 9 nitrogen and oxygen atoms in total. The first-order valence-electron chi connectivity index (χ1n) is 6.40. The first kappa shape index (κ1) is 16.3. The van der Waals surface area contributed by atoms with E-state index in [-0.39, 0.29) is 6.42 Å². The summed E-state index contributed by atoms with van der Waals surface area (Å²) in [5.74, 6) is -1.40. The highest BCUT2D eigenvalue weighted by Crippen LogP contribution is 2.32. The van der Waals surface area contributed by atoms with E-state index in [4.69, 9.17) is 14.6 Å². The Balaban J connectivity index is 2.17. The van der Waals surface area contributed by atoms with E-state index in [0.717, 1.165) is 6.08 Å². The average molecular weight is 306 g/mol. The summed E-state index contributed by atoms with van der Waals surface area (Å²) in [7, 11) is 0. The highest BCUT2D eigenvalue weighted by molar-refractivity contribution is 5.81. The molecule has 0 aromatic rings. The van der Waals surface area contributed by atoms with Crippen LogP contribution < -0.4 is 0 Å². The van der Waals surface area contributed by atoms with Crippen LogP contribution in [0.5, 0.6) is 0 Å². The predicted octanol–water partition coefficient (Wildman–Crippen LogP) is -3.05. The monoisotopic (exact) mass is 306 g/mol. The van der Waals surface area contributed by atoms with Crippen molar-refractivity contribution in [1.29, 1.82) is 0 Å². The maximum atomic E-state index is 11.4. The van der Waals surface area contributed by atoms with E-state index >= 15 is 0 Å². The number of hydrogen-bond donors (Lipinski definition) is 6. The topological polar surface area (TPSA) is 157 Å². The summed E-state index contributed by atoms with van der Waals surface area (Å²) in [5.41, 5.74) is -1.91. The molecule has 7 atom stereocenters. The van der Waals surface area contributed by atoms with Gasteiger partial charge in [0.2, 0.25) is 0 Å². The third kappa shape index (κ3) is 2.94. The van der Waals surface area contributed by atoms with E-state index in [0.29, 0.717) is 0 Å². The molecule has 1 saturated heterocycles. The zero-order chi connectivity index (χ0) is 15.8. The molecule has 0 radical (unpaired) electrons. The molecule has 1 fully saturated rings. The first-order chi connectivity index (χ1) is 9.80. The molecule has 120 valence electrons. The molecule has 0 amide bonds.